The average Bonchev–Trinajstić information content (AvgIpc) is 2.89. The van der Waals surface area contributed by atoms with E-state index in [1.807, 2.05) is 4.68 Å². The zero-order valence-electron chi connectivity index (χ0n) is 14.1. The highest BCUT2D eigenvalue weighted by Gasteiger charge is 2.33. The third-order valence-corrected chi connectivity index (χ3v) is 4.73. The minimum atomic E-state index is 0.367. The van der Waals surface area contributed by atoms with Gasteiger partial charge in [0.25, 0.3) is 0 Å². The summed E-state index contributed by atoms with van der Waals surface area (Å²) in [7, 11) is 0. The van der Waals surface area contributed by atoms with E-state index in [4.69, 9.17) is 0 Å². The summed E-state index contributed by atoms with van der Waals surface area (Å²) >= 11 is 0. The zero-order chi connectivity index (χ0) is 15.3. The van der Waals surface area contributed by atoms with Gasteiger partial charge in [-0.3, -0.25) is 0 Å². The van der Waals surface area contributed by atoms with Crippen molar-refractivity contribution in [3.05, 3.63) is 5.82 Å². The quantitative estimate of drug-likeness (QED) is 0.875. The van der Waals surface area contributed by atoms with Crippen molar-refractivity contribution in [2.24, 2.45) is 11.3 Å². The molecule has 0 amide bonds. The van der Waals surface area contributed by atoms with Gasteiger partial charge >= 0.3 is 0 Å². The molecule has 5 nitrogen and oxygen atoms in total. The Hall–Kier alpha value is -0.970. The fourth-order valence-corrected chi connectivity index (χ4v) is 3.47. The number of aromatic nitrogens is 4. The van der Waals surface area contributed by atoms with Crippen LogP contribution in [0.5, 0.6) is 0 Å². The first kappa shape index (κ1) is 16.4. The Bertz CT molecular complexity index is 421. The molecule has 1 aliphatic rings. The highest BCUT2D eigenvalue weighted by atomic mass is 15.5. The first-order chi connectivity index (χ1) is 10.0. The second-order valence-electron chi connectivity index (χ2n) is 7.42. The Morgan fingerprint density at radius 2 is 2.00 bits per heavy atom. The molecule has 0 radical (unpaired) electrons. The van der Waals surface area contributed by atoms with Gasteiger partial charge in [-0.15, -0.1) is 5.10 Å². The van der Waals surface area contributed by atoms with Gasteiger partial charge < -0.3 is 5.32 Å². The second kappa shape index (κ2) is 7.34. The molecule has 1 heterocycles. The van der Waals surface area contributed by atoms with Crippen LogP contribution < -0.4 is 5.32 Å². The topological polar surface area (TPSA) is 55.6 Å². The van der Waals surface area contributed by atoms with Gasteiger partial charge in [-0.2, -0.15) is 0 Å². The molecule has 1 aromatic rings. The van der Waals surface area contributed by atoms with Crippen molar-refractivity contribution in [1.82, 2.24) is 25.5 Å². The second-order valence-corrected chi connectivity index (χ2v) is 7.42. The molecule has 1 fully saturated rings. The van der Waals surface area contributed by atoms with E-state index in [0.29, 0.717) is 11.5 Å². The molecule has 1 aliphatic carbocycles. The molecule has 0 spiro atoms. The van der Waals surface area contributed by atoms with Gasteiger partial charge in [0.1, 0.15) is 0 Å². The third-order valence-electron chi connectivity index (χ3n) is 4.73. The molecule has 1 saturated carbocycles. The van der Waals surface area contributed by atoms with Crippen LogP contribution in [0, 0.1) is 11.3 Å². The first-order valence-electron chi connectivity index (χ1n) is 8.50. The number of aryl methyl sites for hydroxylation is 1. The van der Waals surface area contributed by atoms with E-state index >= 15 is 0 Å². The van der Waals surface area contributed by atoms with Crippen molar-refractivity contribution in [3.63, 3.8) is 0 Å². The summed E-state index contributed by atoms with van der Waals surface area (Å²) in [6, 6.07) is 0.593. The monoisotopic (exact) mass is 293 g/mol. The molecule has 0 aromatic carbocycles. The minimum Gasteiger partial charge on any atom is -0.307 e. The molecule has 2 unspecified atom stereocenters. The molecular weight excluding hydrogens is 262 g/mol. The lowest BCUT2D eigenvalue weighted by atomic mass is 9.69. The SMILES string of the molecule is CCCCn1nnnc1CNC1CCCCC1C(C)(C)C. The van der Waals surface area contributed by atoms with Crippen LogP contribution in [0.2, 0.25) is 0 Å². The maximum atomic E-state index is 4.18. The molecular formula is C16H31N5. The summed E-state index contributed by atoms with van der Waals surface area (Å²) in [6.07, 6.45) is 7.62. The molecule has 5 heteroatoms. The summed E-state index contributed by atoms with van der Waals surface area (Å²) in [5.41, 5.74) is 0.367. The number of hydrogen-bond acceptors (Lipinski definition) is 4. The molecule has 0 aliphatic heterocycles. The lowest BCUT2D eigenvalue weighted by Gasteiger charge is -2.41. The van der Waals surface area contributed by atoms with Gasteiger partial charge in [0.15, 0.2) is 5.82 Å². The van der Waals surface area contributed by atoms with Crippen molar-refractivity contribution < 1.29 is 0 Å². The number of nitrogens with zero attached hydrogens (tertiary/aromatic N) is 4. The van der Waals surface area contributed by atoms with Gasteiger partial charge in [0.2, 0.25) is 0 Å². The highest BCUT2D eigenvalue weighted by Crippen LogP contribution is 2.38. The number of unbranched alkanes of at least 4 members (excludes halogenated alkanes) is 1. The summed E-state index contributed by atoms with van der Waals surface area (Å²) in [4.78, 5) is 0. The van der Waals surface area contributed by atoms with Crippen LogP contribution in [-0.2, 0) is 13.1 Å². The Labute approximate surface area is 128 Å². The standard InChI is InChI=1S/C16H31N5/c1-5-6-11-21-15(18-19-20-21)12-17-14-10-8-7-9-13(14)16(2,3)4/h13-14,17H,5-12H2,1-4H3. The smallest absolute Gasteiger partial charge is 0.165 e. The van der Waals surface area contributed by atoms with Crippen LogP contribution in [0.15, 0.2) is 0 Å². The van der Waals surface area contributed by atoms with E-state index in [1.54, 1.807) is 0 Å². The maximum Gasteiger partial charge on any atom is 0.165 e. The first-order valence-corrected chi connectivity index (χ1v) is 8.50. The van der Waals surface area contributed by atoms with Crippen LogP contribution in [-0.4, -0.2) is 26.2 Å². The molecule has 0 saturated heterocycles. The van der Waals surface area contributed by atoms with Crippen molar-refractivity contribution in [2.75, 3.05) is 0 Å². The van der Waals surface area contributed by atoms with E-state index in [1.165, 1.54) is 32.1 Å². The largest absolute Gasteiger partial charge is 0.307 e. The van der Waals surface area contributed by atoms with Gasteiger partial charge in [-0.25, -0.2) is 4.68 Å². The Morgan fingerprint density at radius 3 is 2.71 bits per heavy atom. The Kier molecular flexibility index (Phi) is 5.73. The minimum absolute atomic E-state index is 0.367. The van der Waals surface area contributed by atoms with Crippen molar-refractivity contribution in [2.45, 2.75) is 85.4 Å². The molecule has 2 atom stereocenters. The van der Waals surface area contributed by atoms with Crippen molar-refractivity contribution in [3.8, 4) is 0 Å². The van der Waals surface area contributed by atoms with E-state index in [9.17, 15) is 0 Å². The highest BCUT2D eigenvalue weighted by molar-refractivity contribution is 4.90. The maximum absolute atomic E-state index is 4.18. The summed E-state index contributed by atoms with van der Waals surface area (Å²) < 4.78 is 1.95. The van der Waals surface area contributed by atoms with E-state index in [-0.39, 0.29) is 0 Å². The van der Waals surface area contributed by atoms with Gasteiger partial charge in [0, 0.05) is 12.6 Å². The van der Waals surface area contributed by atoms with Crippen molar-refractivity contribution >= 4 is 0 Å². The van der Waals surface area contributed by atoms with E-state index < -0.39 is 0 Å². The lowest BCUT2D eigenvalue weighted by Crippen LogP contribution is -2.44. The number of tetrazole rings is 1. The van der Waals surface area contributed by atoms with Crippen LogP contribution >= 0.6 is 0 Å². The molecule has 0 bridgehead atoms. The molecule has 1 N–H and O–H groups in total. The Morgan fingerprint density at radius 1 is 1.24 bits per heavy atom. The summed E-state index contributed by atoms with van der Waals surface area (Å²) in [5, 5.41) is 15.8. The number of rotatable bonds is 6. The fraction of sp³-hybridized carbons (Fsp3) is 0.938. The number of hydrogen-bond donors (Lipinski definition) is 1. The summed E-state index contributed by atoms with van der Waals surface area (Å²) in [6.45, 7) is 11.0. The van der Waals surface area contributed by atoms with Gasteiger partial charge in [-0.1, -0.05) is 47.0 Å². The molecule has 120 valence electrons. The predicted molar refractivity (Wildman–Crippen MR) is 84.8 cm³/mol. The van der Waals surface area contributed by atoms with Gasteiger partial charge in [0.05, 0.1) is 6.54 Å². The number of nitrogens with one attached hydrogen (secondary N) is 1. The Balaban J connectivity index is 1.93. The lowest BCUT2D eigenvalue weighted by molar-refractivity contribution is 0.129. The van der Waals surface area contributed by atoms with Gasteiger partial charge in [-0.05, 0) is 41.0 Å². The third kappa shape index (κ3) is 4.50. The van der Waals surface area contributed by atoms with Crippen LogP contribution in [0.4, 0.5) is 0 Å². The zero-order valence-corrected chi connectivity index (χ0v) is 14.1. The van der Waals surface area contributed by atoms with E-state index in [0.717, 1.165) is 31.3 Å². The molecule has 2 rings (SSSR count). The fourth-order valence-electron chi connectivity index (χ4n) is 3.47. The molecule has 21 heavy (non-hydrogen) atoms. The predicted octanol–water partition coefficient (Wildman–Crippen LogP) is 3.17. The van der Waals surface area contributed by atoms with Crippen LogP contribution in [0.1, 0.15) is 72.0 Å². The molecule has 1 aromatic heterocycles. The van der Waals surface area contributed by atoms with E-state index in [2.05, 4.69) is 48.5 Å². The normalized spacial score (nSPS) is 23.4. The average molecular weight is 293 g/mol. The van der Waals surface area contributed by atoms with Crippen molar-refractivity contribution in [1.29, 1.82) is 0 Å². The summed E-state index contributed by atoms with van der Waals surface area (Å²) in [5.74, 6) is 1.72. The van der Waals surface area contributed by atoms with Crippen LogP contribution in [0.3, 0.4) is 0 Å². The van der Waals surface area contributed by atoms with Crippen LogP contribution in [0.25, 0.3) is 0 Å².